The summed E-state index contributed by atoms with van der Waals surface area (Å²) in [5.41, 5.74) is 5.13. The number of likely N-dealkylation sites (tertiary alicyclic amines) is 1. The van der Waals surface area contributed by atoms with Crippen molar-refractivity contribution in [3.63, 3.8) is 0 Å². The molecule has 1 aliphatic heterocycles. The quantitative estimate of drug-likeness (QED) is 0.297. The van der Waals surface area contributed by atoms with Gasteiger partial charge in [0.15, 0.2) is 0 Å². The van der Waals surface area contributed by atoms with Crippen LogP contribution in [-0.4, -0.2) is 66.6 Å². The fourth-order valence-electron chi connectivity index (χ4n) is 8.79. The van der Waals surface area contributed by atoms with Crippen LogP contribution in [0.5, 0.6) is 0 Å². The van der Waals surface area contributed by atoms with E-state index in [1.165, 1.54) is 25.3 Å². The number of nitrogens with one attached hydrogen (secondary N) is 1. The standard InChI is InChI=1S/C30H45ClFN3O4/c1-39-11-3-2-9-30(38,23-7-4-8-24(31)26(23)32)21-6-5-10-35(18-21)28(37)34-17-25(33)27(36)29-15-19-12-20(16-29)14-22(29)13-19/h4,7-8,19-22,25,27,36,38H,2-3,5-6,9-18,33H2,1H3,(H,34,37). The molecule has 7 nitrogen and oxygen atoms in total. The third kappa shape index (κ3) is 5.56. The number of unbranched alkanes of at least 4 members (excludes halogenated alkanes) is 1. The van der Waals surface area contributed by atoms with Gasteiger partial charge < -0.3 is 30.9 Å². The van der Waals surface area contributed by atoms with Crippen LogP contribution in [0, 0.1) is 34.9 Å². The summed E-state index contributed by atoms with van der Waals surface area (Å²) in [7, 11) is 1.63. The van der Waals surface area contributed by atoms with Gasteiger partial charge in [0.05, 0.1) is 16.7 Å². The number of aliphatic hydroxyl groups excluding tert-OH is 1. The molecule has 0 radical (unpaired) electrons. The first-order valence-corrected chi connectivity index (χ1v) is 15.2. The molecule has 5 aliphatic rings. The zero-order chi connectivity index (χ0) is 27.8. The van der Waals surface area contributed by atoms with Gasteiger partial charge in [-0.3, -0.25) is 0 Å². The first-order valence-electron chi connectivity index (χ1n) is 14.8. The topological polar surface area (TPSA) is 108 Å². The maximum absolute atomic E-state index is 15.2. The molecule has 2 amide bonds. The van der Waals surface area contributed by atoms with Crippen molar-refractivity contribution in [2.24, 2.45) is 34.8 Å². The van der Waals surface area contributed by atoms with Crippen molar-refractivity contribution in [1.82, 2.24) is 10.2 Å². The summed E-state index contributed by atoms with van der Waals surface area (Å²) in [5, 5.41) is 26.2. The minimum atomic E-state index is -1.46. The highest BCUT2D eigenvalue weighted by molar-refractivity contribution is 6.30. The van der Waals surface area contributed by atoms with Crippen LogP contribution in [0.4, 0.5) is 9.18 Å². The molecule has 39 heavy (non-hydrogen) atoms. The predicted octanol–water partition coefficient (Wildman–Crippen LogP) is 4.42. The zero-order valence-electron chi connectivity index (χ0n) is 23.1. The van der Waals surface area contributed by atoms with Crippen molar-refractivity contribution in [3.05, 3.63) is 34.6 Å². The first-order chi connectivity index (χ1) is 18.7. The molecule has 4 aliphatic carbocycles. The van der Waals surface area contributed by atoms with E-state index in [0.717, 1.165) is 31.1 Å². The second-order valence-electron chi connectivity index (χ2n) is 12.8. The first kappa shape index (κ1) is 29.1. The monoisotopic (exact) mass is 565 g/mol. The molecule has 1 heterocycles. The van der Waals surface area contributed by atoms with Crippen molar-refractivity contribution >= 4 is 17.6 Å². The van der Waals surface area contributed by atoms with Gasteiger partial charge in [0.2, 0.25) is 0 Å². The number of piperidine rings is 1. The Labute approximate surface area is 236 Å². The summed E-state index contributed by atoms with van der Waals surface area (Å²) in [6.45, 7) is 1.61. The number of ether oxygens (including phenoxy) is 1. The van der Waals surface area contributed by atoms with Crippen LogP contribution in [-0.2, 0) is 10.3 Å². The third-order valence-electron chi connectivity index (χ3n) is 10.5. The Morgan fingerprint density at radius 3 is 2.77 bits per heavy atom. The van der Waals surface area contributed by atoms with E-state index in [1.54, 1.807) is 24.1 Å². The molecule has 0 aromatic heterocycles. The molecule has 4 bridgehead atoms. The number of aliphatic hydroxyl groups is 2. The highest BCUT2D eigenvalue weighted by atomic mass is 35.5. The van der Waals surface area contributed by atoms with Gasteiger partial charge in [0.25, 0.3) is 0 Å². The molecular formula is C30H45ClFN3O4. The highest BCUT2D eigenvalue weighted by Crippen LogP contribution is 2.66. The summed E-state index contributed by atoms with van der Waals surface area (Å²) >= 11 is 6.10. The average molecular weight is 566 g/mol. The minimum Gasteiger partial charge on any atom is -0.391 e. The van der Waals surface area contributed by atoms with Crippen molar-refractivity contribution < 1.29 is 24.1 Å². The predicted molar refractivity (Wildman–Crippen MR) is 149 cm³/mol. The lowest BCUT2D eigenvalue weighted by molar-refractivity contribution is -0.0588. The second kappa shape index (κ2) is 11.8. The average Bonchev–Trinajstić information content (AvgIpc) is 3.34. The van der Waals surface area contributed by atoms with Crippen molar-refractivity contribution in [1.29, 1.82) is 0 Å². The summed E-state index contributed by atoms with van der Waals surface area (Å²) in [6, 6.07) is 3.95. The lowest BCUT2D eigenvalue weighted by Gasteiger charge is -2.43. The van der Waals surface area contributed by atoms with E-state index in [0.29, 0.717) is 51.3 Å². The number of urea groups is 1. The molecule has 6 unspecified atom stereocenters. The van der Waals surface area contributed by atoms with Crippen LogP contribution < -0.4 is 11.1 Å². The van der Waals surface area contributed by atoms with Gasteiger partial charge in [-0.05, 0) is 88.0 Å². The zero-order valence-corrected chi connectivity index (χ0v) is 23.8. The number of methoxy groups -OCH3 is 1. The van der Waals surface area contributed by atoms with E-state index in [1.807, 2.05) is 0 Å². The molecule has 6 atom stereocenters. The highest BCUT2D eigenvalue weighted by Gasteiger charge is 2.61. The van der Waals surface area contributed by atoms with Crippen LogP contribution in [0.1, 0.15) is 69.8 Å². The number of hydrogen-bond acceptors (Lipinski definition) is 5. The van der Waals surface area contributed by atoms with Crippen LogP contribution in [0.3, 0.4) is 0 Å². The summed E-state index contributed by atoms with van der Waals surface area (Å²) in [6.07, 6.45) is 8.33. The molecule has 218 valence electrons. The molecule has 6 rings (SSSR count). The van der Waals surface area contributed by atoms with Gasteiger partial charge >= 0.3 is 6.03 Å². The normalized spacial score (nSPS) is 32.7. The largest absolute Gasteiger partial charge is 0.391 e. The minimum absolute atomic E-state index is 0.0238. The van der Waals surface area contributed by atoms with Gasteiger partial charge in [0, 0.05) is 56.3 Å². The maximum atomic E-state index is 15.2. The van der Waals surface area contributed by atoms with E-state index < -0.39 is 23.6 Å². The number of halogens is 2. The van der Waals surface area contributed by atoms with E-state index >= 15 is 4.39 Å². The molecular weight excluding hydrogens is 521 g/mol. The number of carbonyl (C=O) groups excluding carboxylic acids is 1. The maximum Gasteiger partial charge on any atom is 0.317 e. The summed E-state index contributed by atoms with van der Waals surface area (Å²) < 4.78 is 20.3. The molecule has 1 saturated heterocycles. The van der Waals surface area contributed by atoms with E-state index in [2.05, 4.69) is 5.32 Å². The lowest BCUT2D eigenvalue weighted by Crippen LogP contribution is -2.56. The number of nitrogens with two attached hydrogens (primary N) is 1. The van der Waals surface area contributed by atoms with E-state index in [4.69, 9.17) is 22.1 Å². The molecule has 1 aromatic rings. The Balaban J connectivity index is 1.22. The van der Waals surface area contributed by atoms with Crippen LogP contribution in [0.25, 0.3) is 0 Å². The summed E-state index contributed by atoms with van der Waals surface area (Å²) in [4.78, 5) is 14.9. The van der Waals surface area contributed by atoms with Crippen molar-refractivity contribution in [2.75, 3.05) is 33.4 Å². The van der Waals surface area contributed by atoms with Gasteiger partial charge in [-0.15, -0.1) is 0 Å². The fraction of sp³-hybridized carbons (Fsp3) is 0.767. The Morgan fingerprint density at radius 2 is 2.05 bits per heavy atom. The number of hydrogen-bond donors (Lipinski definition) is 4. The van der Waals surface area contributed by atoms with Crippen molar-refractivity contribution in [2.45, 2.75) is 82.0 Å². The molecule has 9 heteroatoms. The summed E-state index contributed by atoms with van der Waals surface area (Å²) in [5.74, 6) is 1.05. The Bertz CT molecular complexity index is 1020. The fourth-order valence-corrected chi connectivity index (χ4v) is 8.96. The van der Waals surface area contributed by atoms with E-state index in [-0.39, 0.29) is 34.5 Å². The third-order valence-corrected chi connectivity index (χ3v) is 10.8. The molecule has 0 spiro atoms. The SMILES string of the molecule is COCCCCC(O)(c1cccc(Cl)c1F)C1CCCN(C(=O)NCC(N)C(O)C23CC4CC(CC2C4)C3)C1. The molecule has 1 aromatic carbocycles. The molecule has 5 fully saturated rings. The molecule has 4 saturated carbocycles. The lowest BCUT2D eigenvalue weighted by atomic mass is 9.70. The van der Waals surface area contributed by atoms with Gasteiger partial charge in [-0.1, -0.05) is 23.7 Å². The van der Waals surface area contributed by atoms with Gasteiger partial charge in [0.1, 0.15) is 5.82 Å². The number of rotatable bonds is 11. The molecule has 5 N–H and O–H groups in total. The van der Waals surface area contributed by atoms with Crippen LogP contribution in [0.15, 0.2) is 18.2 Å². The van der Waals surface area contributed by atoms with Crippen LogP contribution in [0.2, 0.25) is 5.02 Å². The van der Waals surface area contributed by atoms with Gasteiger partial charge in [-0.2, -0.15) is 0 Å². The van der Waals surface area contributed by atoms with E-state index in [9.17, 15) is 15.0 Å². The van der Waals surface area contributed by atoms with Crippen molar-refractivity contribution in [3.8, 4) is 0 Å². The Morgan fingerprint density at radius 1 is 1.31 bits per heavy atom. The smallest absolute Gasteiger partial charge is 0.317 e. The number of benzene rings is 1. The Kier molecular flexibility index (Phi) is 8.80. The van der Waals surface area contributed by atoms with Crippen LogP contribution >= 0.6 is 11.6 Å². The number of nitrogens with zero attached hydrogens (tertiary/aromatic N) is 1. The van der Waals surface area contributed by atoms with Gasteiger partial charge in [-0.25, -0.2) is 9.18 Å². The second-order valence-corrected chi connectivity index (χ2v) is 13.2. The number of amides is 2. The Hall–Kier alpha value is -1.45. The number of carbonyl (C=O) groups is 1.